The van der Waals surface area contributed by atoms with Crippen LogP contribution in [-0.4, -0.2) is 34.6 Å². The number of carbonyl (C=O) groups excluding carboxylic acids is 1. The SMILES string of the molecule is C[C@H](CNC(=O)Nc1cnn(CC(F)(F)F)c1)Oc1ccccc1. The third-order valence-corrected chi connectivity index (χ3v) is 2.86. The van der Waals surface area contributed by atoms with Gasteiger partial charge in [0.2, 0.25) is 0 Å². The number of halogens is 3. The summed E-state index contributed by atoms with van der Waals surface area (Å²) in [6.45, 7) is 0.810. The van der Waals surface area contributed by atoms with Gasteiger partial charge in [0.05, 0.1) is 18.4 Å². The third-order valence-electron chi connectivity index (χ3n) is 2.86. The van der Waals surface area contributed by atoms with Crippen LogP contribution in [-0.2, 0) is 6.54 Å². The number of anilines is 1. The molecule has 1 heterocycles. The summed E-state index contributed by atoms with van der Waals surface area (Å²) in [5, 5.41) is 8.52. The van der Waals surface area contributed by atoms with E-state index in [-0.39, 0.29) is 18.3 Å². The number of nitrogens with one attached hydrogen (secondary N) is 2. The molecule has 2 N–H and O–H groups in total. The summed E-state index contributed by atoms with van der Waals surface area (Å²) >= 11 is 0. The van der Waals surface area contributed by atoms with E-state index in [0.29, 0.717) is 10.4 Å². The lowest BCUT2D eigenvalue weighted by atomic mass is 10.3. The monoisotopic (exact) mass is 342 g/mol. The van der Waals surface area contributed by atoms with Crippen molar-refractivity contribution in [2.24, 2.45) is 0 Å². The Hall–Kier alpha value is -2.71. The molecule has 2 amide bonds. The number of aromatic nitrogens is 2. The van der Waals surface area contributed by atoms with Gasteiger partial charge in [-0.15, -0.1) is 0 Å². The van der Waals surface area contributed by atoms with E-state index in [0.717, 1.165) is 12.4 Å². The molecule has 0 radical (unpaired) electrons. The molecule has 0 aliphatic rings. The first-order valence-electron chi connectivity index (χ1n) is 7.17. The molecule has 0 spiro atoms. The highest BCUT2D eigenvalue weighted by atomic mass is 19.4. The van der Waals surface area contributed by atoms with Crippen LogP contribution < -0.4 is 15.4 Å². The molecule has 2 aromatic rings. The number of benzene rings is 1. The fraction of sp³-hybridized carbons (Fsp3) is 0.333. The Morgan fingerprint density at radius 1 is 1.33 bits per heavy atom. The highest BCUT2D eigenvalue weighted by molar-refractivity contribution is 5.88. The Bertz CT molecular complexity index is 658. The molecule has 1 aromatic carbocycles. The molecule has 0 saturated heterocycles. The molecule has 0 aliphatic carbocycles. The van der Waals surface area contributed by atoms with E-state index in [2.05, 4.69) is 15.7 Å². The van der Waals surface area contributed by atoms with Gasteiger partial charge in [0.1, 0.15) is 18.4 Å². The minimum Gasteiger partial charge on any atom is -0.489 e. The number of alkyl halides is 3. The van der Waals surface area contributed by atoms with Crippen LogP contribution in [0.3, 0.4) is 0 Å². The van der Waals surface area contributed by atoms with Gasteiger partial charge in [0, 0.05) is 6.20 Å². The lowest BCUT2D eigenvalue weighted by Crippen LogP contribution is -2.36. The van der Waals surface area contributed by atoms with E-state index < -0.39 is 18.8 Å². The summed E-state index contributed by atoms with van der Waals surface area (Å²) in [5.41, 5.74) is 0.174. The van der Waals surface area contributed by atoms with Gasteiger partial charge in [-0.25, -0.2) is 4.79 Å². The topological polar surface area (TPSA) is 68.2 Å². The molecule has 1 aromatic heterocycles. The number of ether oxygens (including phenoxy) is 1. The van der Waals surface area contributed by atoms with Crippen molar-refractivity contribution in [3.8, 4) is 5.75 Å². The number of nitrogens with zero attached hydrogens (tertiary/aromatic N) is 2. The normalized spacial score (nSPS) is 12.5. The minimum absolute atomic E-state index is 0.174. The Morgan fingerprint density at radius 2 is 2.04 bits per heavy atom. The summed E-state index contributed by atoms with van der Waals surface area (Å²) < 4.78 is 43.0. The summed E-state index contributed by atoms with van der Waals surface area (Å²) in [5.74, 6) is 0.681. The van der Waals surface area contributed by atoms with E-state index in [1.807, 2.05) is 18.2 Å². The van der Waals surface area contributed by atoms with E-state index in [1.165, 1.54) is 0 Å². The van der Waals surface area contributed by atoms with Crippen molar-refractivity contribution in [2.45, 2.75) is 25.7 Å². The van der Waals surface area contributed by atoms with Crippen molar-refractivity contribution < 1.29 is 22.7 Å². The second-order valence-electron chi connectivity index (χ2n) is 5.12. The molecular formula is C15H17F3N4O2. The average molecular weight is 342 g/mol. The Balaban J connectivity index is 1.75. The van der Waals surface area contributed by atoms with Gasteiger partial charge in [-0.05, 0) is 19.1 Å². The van der Waals surface area contributed by atoms with E-state index in [4.69, 9.17) is 4.74 Å². The Labute approximate surface area is 136 Å². The van der Waals surface area contributed by atoms with Gasteiger partial charge in [0.25, 0.3) is 0 Å². The van der Waals surface area contributed by atoms with Crippen molar-refractivity contribution >= 4 is 11.7 Å². The predicted octanol–water partition coefficient (Wildman–Crippen LogP) is 3.03. The van der Waals surface area contributed by atoms with Crippen LogP contribution in [0.5, 0.6) is 5.75 Å². The molecule has 0 unspecified atom stereocenters. The van der Waals surface area contributed by atoms with Crippen LogP contribution >= 0.6 is 0 Å². The Morgan fingerprint density at radius 3 is 2.71 bits per heavy atom. The average Bonchev–Trinajstić information content (AvgIpc) is 2.91. The van der Waals surface area contributed by atoms with Crippen LogP contribution in [0, 0.1) is 0 Å². The molecule has 0 fully saturated rings. The Kier molecular flexibility index (Phi) is 5.67. The quantitative estimate of drug-likeness (QED) is 0.848. The number of hydrogen-bond donors (Lipinski definition) is 2. The standard InChI is InChI=1S/C15H17F3N4O2/c1-11(24-13-5-3-2-4-6-13)7-19-14(23)21-12-8-20-22(9-12)10-15(16,17)18/h2-6,8-9,11H,7,10H2,1H3,(H2,19,21,23)/t11-/m1/s1. The first-order valence-corrected chi connectivity index (χ1v) is 7.17. The van der Waals surface area contributed by atoms with Crippen LogP contribution in [0.25, 0.3) is 0 Å². The van der Waals surface area contributed by atoms with Gasteiger partial charge in [-0.1, -0.05) is 18.2 Å². The molecule has 1 atom stereocenters. The van der Waals surface area contributed by atoms with Crippen molar-refractivity contribution in [2.75, 3.05) is 11.9 Å². The molecule has 9 heteroatoms. The van der Waals surface area contributed by atoms with E-state index >= 15 is 0 Å². The van der Waals surface area contributed by atoms with Gasteiger partial charge < -0.3 is 15.4 Å². The predicted molar refractivity (Wildman–Crippen MR) is 81.8 cm³/mol. The number of amides is 2. The third kappa shape index (κ3) is 6.19. The van der Waals surface area contributed by atoms with Crippen molar-refractivity contribution in [1.82, 2.24) is 15.1 Å². The number of para-hydroxylation sites is 1. The van der Waals surface area contributed by atoms with Crippen LogP contribution in [0.2, 0.25) is 0 Å². The fourth-order valence-electron chi connectivity index (χ4n) is 1.88. The fourth-order valence-corrected chi connectivity index (χ4v) is 1.88. The summed E-state index contributed by atoms with van der Waals surface area (Å²) in [6.07, 6.45) is -2.38. The lowest BCUT2D eigenvalue weighted by Gasteiger charge is -2.15. The molecule has 130 valence electrons. The zero-order valence-electron chi connectivity index (χ0n) is 12.9. The van der Waals surface area contributed by atoms with E-state index in [1.54, 1.807) is 19.1 Å². The smallest absolute Gasteiger partial charge is 0.408 e. The highest BCUT2D eigenvalue weighted by Crippen LogP contribution is 2.18. The first-order chi connectivity index (χ1) is 11.3. The largest absolute Gasteiger partial charge is 0.489 e. The van der Waals surface area contributed by atoms with Crippen LogP contribution in [0.1, 0.15) is 6.92 Å². The zero-order chi connectivity index (χ0) is 17.6. The molecule has 6 nitrogen and oxygen atoms in total. The maximum atomic E-state index is 12.2. The minimum atomic E-state index is -4.37. The molecule has 0 aliphatic heterocycles. The first kappa shape index (κ1) is 17.6. The number of carbonyl (C=O) groups is 1. The van der Waals surface area contributed by atoms with Crippen molar-refractivity contribution in [3.05, 3.63) is 42.7 Å². The number of hydrogen-bond acceptors (Lipinski definition) is 3. The van der Waals surface area contributed by atoms with Crippen molar-refractivity contribution in [1.29, 1.82) is 0 Å². The van der Waals surface area contributed by atoms with E-state index in [9.17, 15) is 18.0 Å². The van der Waals surface area contributed by atoms with Gasteiger partial charge in [0.15, 0.2) is 0 Å². The lowest BCUT2D eigenvalue weighted by molar-refractivity contribution is -0.142. The second-order valence-corrected chi connectivity index (χ2v) is 5.12. The van der Waals surface area contributed by atoms with Crippen LogP contribution in [0.15, 0.2) is 42.7 Å². The molecular weight excluding hydrogens is 325 g/mol. The summed E-state index contributed by atoms with van der Waals surface area (Å²) in [4.78, 5) is 11.7. The number of rotatable bonds is 6. The summed E-state index contributed by atoms with van der Waals surface area (Å²) in [6, 6.07) is 8.58. The molecule has 0 saturated carbocycles. The van der Waals surface area contributed by atoms with Gasteiger partial charge in [-0.2, -0.15) is 18.3 Å². The van der Waals surface area contributed by atoms with Gasteiger partial charge in [-0.3, -0.25) is 4.68 Å². The number of urea groups is 1. The zero-order valence-corrected chi connectivity index (χ0v) is 12.9. The van der Waals surface area contributed by atoms with Crippen LogP contribution in [0.4, 0.5) is 23.7 Å². The van der Waals surface area contributed by atoms with Gasteiger partial charge >= 0.3 is 12.2 Å². The highest BCUT2D eigenvalue weighted by Gasteiger charge is 2.28. The second kappa shape index (κ2) is 7.71. The van der Waals surface area contributed by atoms with Crippen molar-refractivity contribution in [3.63, 3.8) is 0 Å². The molecule has 2 rings (SSSR count). The summed E-state index contributed by atoms with van der Waals surface area (Å²) in [7, 11) is 0. The maximum Gasteiger partial charge on any atom is 0.408 e. The molecule has 24 heavy (non-hydrogen) atoms. The molecule has 0 bridgehead atoms. The maximum absolute atomic E-state index is 12.2.